The molecule has 1 saturated heterocycles. The van der Waals surface area contributed by atoms with Crippen molar-refractivity contribution < 1.29 is 19.0 Å². The summed E-state index contributed by atoms with van der Waals surface area (Å²) in [5.74, 6) is 1.73. The summed E-state index contributed by atoms with van der Waals surface area (Å²) in [6, 6.07) is 8.23. The number of rotatable bonds is 2. The van der Waals surface area contributed by atoms with Crippen LogP contribution in [0.1, 0.15) is 45.8 Å². The first-order valence-electron chi connectivity index (χ1n) is 8.90. The minimum atomic E-state index is -0.238. The molecule has 2 aliphatic heterocycles. The summed E-state index contributed by atoms with van der Waals surface area (Å²) >= 11 is 0. The van der Waals surface area contributed by atoms with Gasteiger partial charge in [-0.25, -0.2) is 0 Å². The van der Waals surface area contributed by atoms with Crippen molar-refractivity contribution in [2.45, 2.75) is 45.8 Å². The maximum atomic E-state index is 11.4. The molecule has 0 unspecified atom stereocenters. The number of para-hydroxylation sites is 1. The SMILES string of the molecule is CC(=O)OC[C@]12CO[C@@H]3c4ccccc4O[C@@](C)(C[C@H]1C)[C@H]3[C@@H]2C. The lowest BCUT2D eigenvalue weighted by Gasteiger charge is -2.63. The molecule has 1 aliphatic carbocycles. The lowest BCUT2D eigenvalue weighted by Crippen LogP contribution is -2.66. The third-order valence-corrected chi connectivity index (χ3v) is 6.81. The molecule has 0 amide bonds. The molecule has 4 heteroatoms. The van der Waals surface area contributed by atoms with Gasteiger partial charge in [0.1, 0.15) is 11.4 Å². The molecule has 2 fully saturated rings. The Morgan fingerprint density at radius 1 is 1.33 bits per heavy atom. The summed E-state index contributed by atoms with van der Waals surface area (Å²) < 4.78 is 18.4. The van der Waals surface area contributed by atoms with E-state index in [-0.39, 0.29) is 29.0 Å². The van der Waals surface area contributed by atoms with Crippen molar-refractivity contribution in [2.24, 2.45) is 23.2 Å². The number of fused-ring (bicyclic) bond motifs is 3. The zero-order chi connectivity index (χ0) is 17.1. The monoisotopic (exact) mass is 330 g/mol. The molecular weight excluding hydrogens is 304 g/mol. The quantitative estimate of drug-likeness (QED) is 0.775. The predicted octanol–water partition coefficient (Wildman–Crippen LogP) is 3.75. The van der Waals surface area contributed by atoms with Crippen LogP contribution < -0.4 is 4.74 Å². The van der Waals surface area contributed by atoms with Crippen molar-refractivity contribution in [1.29, 1.82) is 0 Å². The van der Waals surface area contributed by atoms with Gasteiger partial charge in [0, 0.05) is 23.8 Å². The van der Waals surface area contributed by atoms with Crippen molar-refractivity contribution in [1.82, 2.24) is 0 Å². The topological polar surface area (TPSA) is 44.8 Å². The van der Waals surface area contributed by atoms with Gasteiger partial charge in [-0.2, -0.15) is 0 Å². The maximum absolute atomic E-state index is 11.4. The second kappa shape index (κ2) is 5.22. The number of carbonyl (C=O) groups is 1. The smallest absolute Gasteiger partial charge is 0.302 e. The Morgan fingerprint density at radius 3 is 2.83 bits per heavy atom. The van der Waals surface area contributed by atoms with Crippen LogP contribution in [0.15, 0.2) is 24.3 Å². The van der Waals surface area contributed by atoms with Crippen molar-refractivity contribution in [3.63, 3.8) is 0 Å². The van der Waals surface area contributed by atoms with E-state index in [1.54, 1.807) is 0 Å². The molecule has 0 aromatic heterocycles. The number of esters is 1. The largest absolute Gasteiger partial charge is 0.487 e. The summed E-state index contributed by atoms with van der Waals surface area (Å²) in [6.45, 7) is 9.30. The molecule has 2 bridgehead atoms. The van der Waals surface area contributed by atoms with E-state index >= 15 is 0 Å². The van der Waals surface area contributed by atoms with Gasteiger partial charge < -0.3 is 14.2 Å². The van der Waals surface area contributed by atoms with E-state index in [9.17, 15) is 4.79 Å². The molecule has 130 valence electrons. The van der Waals surface area contributed by atoms with Crippen molar-refractivity contribution >= 4 is 5.97 Å². The van der Waals surface area contributed by atoms with Gasteiger partial charge in [0.05, 0.1) is 19.3 Å². The highest BCUT2D eigenvalue weighted by atomic mass is 16.5. The number of hydrogen-bond acceptors (Lipinski definition) is 4. The molecule has 1 saturated carbocycles. The van der Waals surface area contributed by atoms with Crippen LogP contribution in [-0.4, -0.2) is 24.8 Å². The van der Waals surface area contributed by atoms with E-state index in [4.69, 9.17) is 14.2 Å². The molecule has 6 atom stereocenters. The lowest BCUT2D eigenvalue weighted by atomic mass is 9.50. The fourth-order valence-electron chi connectivity index (χ4n) is 5.49. The first-order valence-corrected chi connectivity index (χ1v) is 8.90. The summed E-state index contributed by atoms with van der Waals surface area (Å²) in [5, 5.41) is 0. The molecule has 0 N–H and O–H groups in total. The number of benzene rings is 1. The normalized spacial score (nSPS) is 42.7. The van der Waals surface area contributed by atoms with Crippen LogP contribution in [-0.2, 0) is 14.3 Å². The van der Waals surface area contributed by atoms with Gasteiger partial charge in [-0.1, -0.05) is 32.0 Å². The number of ether oxygens (including phenoxy) is 3. The Kier molecular flexibility index (Phi) is 3.47. The van der Waals surface area contributed by atoms with E-state index in [2.05, 4.69) is 26.8 Å². The van der Waals surface area contributed by atoms with Crippen molar-refractivity contribution in [3.8, 4) is 5.75 Å². The molecule has 4 nitrogen and oxygen atoms in total. The highest BCUT2D eigenvalue weighted by Crippen LogP contribution is 2.63. The third kappa shape index (κ3) is 2.05. The highest BCUT2D eigenvalue weighted by molar-refractivity contribution is 5.65. The van der Waals surface area contributed by atoms with Gasteiger partial charge in [-0.3, -0.25) is 4.79 Å². The molecule has 24 heavy (non-hydrogen) atoms. The Balaban J connectivity index is 1.76. The van der Waals surface area contributed by atoms with Gasteiger partial charge in [0.15, 0.2) is 0 Å². The van der Waals surface area contributed by atoms with Gasteiger partial charge in [-0.05, 0) is 31.2 Å². The van der Waals surface area contributed by atoms with E-state index in [1.165, 1.54) is 6.92 Å². The van der Waals surface area contributed by atoms with Crippen LogP contribution in [0.5, 0.6) is 5.75 Å². The summed E-state index contributed by atoms with van der Waals surface area (Å²) in [4.78, 5) is 11.4. The van der Waals surface area contributed by atoms with Crippen LogP contribution >= 0.6 is 0 Å². The van der Waals surface area contributed by atoms with E-state index in [0.717, 1.165) is 17.7 Å². The summed E-state index contributed by atoms with van der Waals surface area (Å²) in [5.41, 5.74) is 0.794. The van der Waals surface area contributed by atoms with Crippen LogP contribution in [0, 0.1) is 23.2 Å². The third-order valence-electron chi connectivity index (χ3n) is 6.81. The fraction of sp³-hybridized carbons (Fsp3) is 0.650. The van der Waals surface area contributed by atoms with Crippen LogP contribution in [0.3, 0.4) is 0 Å². The standard InChI is InChI=1S/C20H26O4/c1-12-9-19(4)17-13(2)20(12,10-22-14(3)21)11-23-18(17)15-7-5-6-8-16(15)24-19/h5-8,12-13,17-18H,9-11H2,1-4H3/t12-,13+,17+,18-,19+,20+/m1/s1. The van der Waals surface area contributed by atoms with E-state index in [1.807, 2.05) is 18.2 Å². The molecule has 1 aromatic carbocycles. The molecule has 2 heterocycles. The van der Waals surface area contributed by atoms with Gasteiger partial charge in [0.2, 0.25) is 0 Å². The van der Waals surface area contributed by atoms with Crippen LogP contribution in [0.25, 0.3) is 0 Å². The van der Waals surface area contributed by atoms with Crippen LogP contribution in [0.2, 0.25) is 0 Å². The summed E-state index contributed by atoms with van der Waals surface area (Å²) in [6.07, 6.45) is 1.02. The number of carbonyl (C=O) groups excluding carboxylic acids is 1. The first kappa shape index (κ1) is 15.9. The van der Waals surface area contributed by atoms with Gasteiger partial charge in [0.25, 0.3) is 0 Å². The maximum Gasteiger partial charge on any atom is 0.302 e. The highest BCUT2D eigenvalue weighted by Gasteiger charge is 2.64. The van der Waals surface area contributed by atoms with E-state index in [0.29, 0.717) is 25.0 Å². The van der Waals surface area contributed by atoms with Gasteiger partial charge >= 0.3 is 5.97 Å². The second-order valence-electron chi connectivity index (χ2n) is 8.12. The average Bonchev–Trinajstić information content (AvgIpc) is 2.52. The zero-order valence-electron chi connectivity index (χ0n) is 14.9. The van der Waals surface area contributed by atoms with Crippen LogP contribution in [0.4, 0.5) is 0 Å². The minimum absolute atomic E-state index is 0.0629. The first-order chi connectivity index (χ1) is 11.4. The zero-order valence-corrected chi connectivity index (χ0v) is 14.9. The fourth-order valence-corrected chi connectivity index (χ4v) is 5.49. The summed E-state index contributed by atoms with van der Waals surface area (Å²) in [7, 11) is 0. The van der Waals surface area contributed by atoms with E-state index < -0.39 is 0 Å². The predicted molar refractivity (Wildman–Crippen MR) is 89.7 cm³/mol. The Bertz CT molecular complexity index is 671. The molecular formula is C20H26O4. The van der Waals surface area contributed by atoms with Crippen molar-refractivity contribution in [3.05, 3.63) is 29.8 Å². The lowest BCUT2D eigenvalue weighted by molar-refractivity contribution is -0.261. The molecule has 4 rings (SSSR count). The molecule has 0 radical (unpaired) electrons. The molecule has 0 spiro atoms. The van der Waals surface area contributed by atoms with Crippen molar-refractivity contribution in [2.75, 3.05) is 13.2 Å². The Labute approximate surface area is 143 Å². The average molecular weight is 330 g/mol. The molecule has 3 aliphatic rings. The Morgan fingerprint density at radius 2 is 2.08 bits per heavy atom. The van der Waals surface area contributed by atoms with Gasteiger partial charge in [-0.15, -0.1) is 0 Å². The molecule has 1 aromatic rings. The minimum Gasteiger partial charge on any atom is -0.487 e. The second-order valence-corrected chi connectivity index (χ2v) is 8.12. The number of hydrogen-bond donors (Lipinski definition) is 0. The Hall–Kier alpha value is -1.55.